The lowest BCUT2D eigenvalue weighted by Gasteiger charge is -2.16. The first kappa shape index (κ1) is 32.7. The summed E-state index contributed by atoms with van der Waals surface area (Å²) < 4.78 is 20.3. The zero-order chi connectivity index (χ0) is 29.8. The van der Waals surface area contributed by atoms with Crippen LogP contribution in [0, 0.1) is 0 Å². The van der Waals surface area contributed by atoms with Gasteiger partial charge in [0.2, 0.25) is 11.8 Å². The molecule has 0 unspecified atom stereocenters. The van der Waals surface area contributed by atoms with E-state index in [0.717, 1.165) is 38.5 Å². The van der Waals surface area contributed by atoms with Crippen molar-refractivity contribution in [2.45, 2.75) is 90.3 Å². The van der Waals surface area contributed by atoms with Crippen LogP contribution in [0.3, 0.4) is 0 Å². The molecule has 2 fully saturated rings. The van der Waals surface area contributed by atoms with Crippen LogP contribution in [0.15, 0.2) is 48.0 Å². The Labute approximate surface area is 237 Å². The Morgan fingerprint density at radius 3 is 1.35 bits per heavy atom. The summed E-state index contributed by atoms with van der Waals surface area (Å²) in [4.78, 5) is 50.3. The first-order valence-corrected chi connectivity index (χ1v) is 13.9. The summed E-state index contributed by atoms with van der Waals surface area (Å²) in [6.07, 6.45) is 16.1. The minimum Gasteiger partial charge on any atom is -0.420 e. The van der Waals surface area contributed by atoms with Gasteiger partial charge in [-0.15, -0.1) is 0 Å². The molecule has 0 aromatic carbocycles. The Morgan fingerprint density at radius 1 is 0.650 bits per heavy atom. The number of amides is 2. The smallest absolute Gasteiger partial charge is 0.420 e. The summed E-state index contributed by atoms with van der Waals surface area (Å²) in [5, 5.41) is 0. The Kier molecular flexibility index (Phi) is 12.5. The maximum absolute atomic E-state index is 12.3. The van der Waals surface area contributed by atoms with Gasteiger partial charge in [-0.3, -0.25) is 9.59 Å². The second-order valence-electron chi connectivity index (χ2n) is 11.0. The van der Waals surface area contributed by atoms with E-state index < -0.39 is 23.5 Å². The standard InChI is InChI=1S/C30H44N2O8/c1-29(2)23(37-27(35)39-29)17-15-21-31(5)25(33)19-13-11-9-7-8-10-12-14-20-26(34)32(6)22-16-18-24-30(3,4)40-28(36)38-24/h13-14,17-20H,7-12,15-16,21-22H2,1-6H3/b19-13?,20-14?,23-17+,24-18+. The molecule has 222 valence electrons. The Bertz CT molecular complexity index is 956. The lowest BCUT2D eigenvalue weighted by atomic mass is 10.1. The maximum Gasteiger partial charge on any atom is 0.514 e. The van der Waals surface area contributed by atoms with Crippen LogP contribution in [0.25, 0.3) is 0 Å². The Morgan fingerprint density at radius 2 is 1.02 bits per heavy atom. The summed E-state index contributed by atoms with van der Waals surface area (Å²) in [6, 6.07) is 0. The molecule has 0 saturated carbocycles. The van der Waals surface area contributed by atoms with Crippen LogP contribution in [-0.4, -0.2) is 72.3 Å². The predicted octanol–water partition coefficient (Wildman–Crippen LogP) is 5.80. The van der Waals surface area contributed by atoms with Gasteiger partial charge >= 0.3 is 12.3 Å². The summed E-state index contributed by atoms with van der Waals surface area (Å²) in [5.41, 5.74) is -1.54. The number of carbonyl (C=O) groups excluding carboxylic acids is 4. The molecule has 40 heavy (non-hydrogen) atoms. The fourth-order valence-electron chi connectivity index (χ4n) is 4.06. The van der Waals surface area contributed by atoms with E-state index in [0.29, 0.717) is 37.4 Å². The summed E-state index contributed by atoms with van der Waals surface area (Å²) in [6.45, 7) is 8.06. The van der Waals surface area contributed by atoms with Crippen molar-refractivity contribution in [3.63, 3.8) is 0 Å². The van der Waals surface area contributed by atoms with Gasteiger partial charge in [0.05, 0.1) is 0 Å². The third-order valence-corrected chi connectivity index (χ3v) is 6.60. The number of allylic oxidation sites excluding steroid dienone is 2. The lowest BCUT2D eigenvalue weighted by molar-refractivity contribution is -0.125. The number of hydrogen-bond donors (Lipinski definition) is 0. The fraction of sp³-hybridized carbons (Fsp3) is 0.600. The molecule has 2 rings (SSSR count). The van der Waals surface area contributed by atoms with Gasteiger partial charge in [-0.1, -0.05) is 25.0 Å². The zero-order valence-corrected chi connectivity index (χ0v) is 24.7. The third-order valence-electron chi connectivity index (χ3n) is 6.60. The van der Waals surface area contributed by atoms with Crippen LogP contribution in [0.1, 0.15) is 79.1 Å². The number of likely N-dealkylation sites (N-methyl/N-ethyl adjacent to an activating group) is 2. The first-order chi connectivity index (χ1) is 18.8. The number of cyclic esters (lactones) is 4. The summed E-state index contributed by atoms with van der Waals surface area (Å²) in [7, 11) is 3.48. The molecule has 2 aliphatic heterocycles. The van der Waals surface area contributed by atoms with E-state index in [1.807, 2.05) is 12.2 Å². The molecule has 0 aromatic heterocycles. The molecular weight excluding hydrogens is 516 g/mol. The maximum atomic E-state index is 12.3. The van der Waals surface area contributed by atoms with Crippen LogP contribution in [0.5, 0.6) is 0 Å². The van der Waals surface area contributed by atoms with E-state index in [9.17, 15) is 19.2 Å². The zero-order valence-electron chi connectivity index (χ0n) is 24.7. The van der Waals surface area contributed by atoms with E-state index >= 15 is 0 Å². The van der Waals surface area contributed by atoms with Gasteiger partial charge < -0.3 is 28.7 Å². The lowest BCUT2D eigenvalue weighted by Crippen LogP contribution is -2.26. The molecule has 0 bridgehead atoms. The molecule has 2 aliphatic rings. The van der Waals surface area contributed by atoms with Crippen LogP contribution in [0.2, 0.25) is 0 Å². The van der Waals surface area contributed by atoms with Gasteiger partial charge in [0.25, 0.3) is 0 Å². The molecule has 0 atom stereocenters. The molecule has 0 N–H and O–H groups in total. The van der Waals surface area contributed by atoms with Crippen LogP contribution in [0.4, 0.5) is 9.59 Å². The normalized spacial score (nSPS) is 19.6. The third kappa shape index (κ3) is 10.9. The Balaban J connectivity index is 1.51. The van der Waals surface area contributed by atoms with Gasteiger partial charge in [-0.25, -0.2) is 9.59 Å². The quantitative estimate of drug-likeness (QED) is 0.140. The molecule has 2 heterocycles. The monoisotopic (exact) mass is 560 g/mol. The highest BCUT2D eigenvalue weighted by atomic mass is 16.8. The molecule has 0 aliphatic carbocycles. The summed E-state index contributed by atoms with van der Waals surface area (Å²) in [5.74, 6) is 0.827. The van der Waals surface area contributed by atoms with Crippen molar-refractivity contribution >= 4 is 24.1 Å². The minimum absolute atomic E-state index is 0.0615. The predicted molar refractivity (Wildman–Crippen MR) is 150 cm³/mol. The molecule has 0 radical (unpaired) electrons. The number of nitrogens with zero attached hydrogens (tertiary/aromatic N) is 2. The number of rotatable bonds is 15. The highest BCUT2D eigenvalue weighted by molar-refractivity contribution is 5.87. The second kappa shape index (κ2) is 15.3. The van der Waals surface area contributed by atoms with Crippen molar-refractivity contribution < 1.29 is 38.1 Å². The van der Waals surface area contributed by atoms with Crippen molar-refractivity contribution in [2.75, 3.05) is 27.2 Å². The van der Waals surface area contributed by atoms with Gasteiger partial charge in [0.1, 0.15) is 0 Å². The number of ether oxygens (including phenoxy) is 4. The second-order valence-corrected chi connectivity index (χ2v) is 11.0. The number of carbonyl (C=O) groups is 4. The van der Waals surface area contributed by atoms with Crippen LogP contribution in [-0.2, 0) is 28.5 Å². The molecular formula is C30H44N2O8. The van der Waals surface area contributed by atoms with Crippen molar-refractivity contribution in [1.82, 2.24) is 9.80 Å². The van der Waals surface area contributed by atoms with Gasteiger partial charge in [0.15, 0.2) is 22.7 Å². The molecule has 0 spiro atoms. The molecule has 0 aromatic rings. The van der Waals surface area contributed by atoms with Crippen molar-refractivity contribution in [3.8, 4) is 0 Å². The van der Waals surface area contributed by atoms with E-state index in [1.165, 1.54) is 0 Å². The minimum atomic E-state index is -0.771. The Hall–Kier alpha value is -3.56. The van der Waals surface area contributed by atoms with Gasteiger partial charge in [-0.05, 0) is 90.5 Å². The molecule has 2 saturated heterocycles. The van der Waals surface area contributed by atoms with Crippen molar-refractivity contribution in [1.29, 1.82) is 0 Å². The van der Waals surface area contributed by atoms with E-state index in [2.05, 4.69) is 0 Å². The van der Waals surface area contributed by atoms with E-state index in [4.69, 9.17) is 18.9 Å². The van der Waals surface area contributed by atoms with E-state index in [1.54, 1.807) is 75.9 Å². The molecule has 2 amide bonds. The van der Waals surface area contributed by atoms with Gasteiger partial charge in [0, 0.05) is 27.2 Å². The summed E-state index contributed by atoms with van der Waals surface area (Å²) >= 11 is 0. The van der Waals surface area contributed by atoms with Crippen LogP contribution >= 0.6 is 0 Å². The highest BCUT2D eigenvalue weighted by Gasteiger charge is 2.39. The molecule has 10 nitrogen and oxygen atoms in total. The van der Waals surface area contributed by atoms with Crippen molar-refractivity contribution in [3.05, 3.63) is 48.0 Å². The number of unbranched alkanes of at least 4 members (excludes halogenated alkanes) is 5. The highest BCUT2D eigenvalue weighted by Crippen LogP contribution is 2.30. The van der Waals surface area contributed by atoms with E-state index in [-0.39, 0.29) is 11.8 Å². The topological polar surface area (TPSA) is 112 Å². The average molecular weight is 561 g/mol. The molecule has 10 heteroatoms. The van der Waals surface area contributed by atoms with Crippen LogP contribution < -0.4 is 0 Å². The number of hydrogen-bond acceptors (Lipinski definition) is 8. The van der Waals surface area contributed by atoms with Gasteiger partial charge in [-0.2, -0.15) is 0 Å². The fourth-order valence-corrected chi connectivity index (χ4v) is 4.06. The largest absolute Gasteiger partial charge is 0.514 e. The van der Waals surface area contributed by atoms with Crippen molar-refractivity contribution in [2.24, 2.45) is 0 Å². The average Bonchev–Trinajstić information content (AvgIpc) is 3.29. The SMILES string of the molecule is CN(CC/C=C1/OC(=O)OC1(C)C)C(=O)C=CCCCCCCC=CC(=O)N(C)CC/C=C1/OC(=O)OC1(C)C. The first-order valence-electron chi connectivity index (χ1n) is 13.9.